The summed E-state index contributed by atoms with van der Waals surface area (Å²) in [6.07, 6.45) is 0. The average molecular weight is 301 g/mol. The SMILES string of the molecule is OCCOc1ccc(N2CCN(CCO)CC2)c(Cl)c1. The van der Waals surface area contributed by atoms with E-state index in [1.54, 1.807) is 6.07 Å². The fraction of sp³-hybridized carbons (Fsp3) is 0.571. The van der Waals surface area contributed by atoms with Gasteiger partial charge in [0.1, 0.15) is 12.4 Å². The number of benzene rings is 1. The Labute approximate surface area is 124 Å². The van der Waals surface area contributed by atoms with Crippen molar-refractivity contribution in [3.05, 3.63) is 23.2 Å². The van der Waals surface area contributed by atoms with Crippen molar-refractivity contribution in [2.45, 2.75) is 0 Å². The molecule has 1 aliphatic rings. The van der Waals surface area contributed by atoms with E-state index in [4.69, 9.17) is 26.6 Å². The van der Waals surface area contributed by atoms with E-state index in [0.717, 1.165) is 38.4 Å². The molecule has 1 fully saturated rings. The Morgan fingerprint density at radius 3 is 2.45 bits per heavy atom. The Balaban J connectivity index is 1.96. The van der Waals surface area contributed by atoms with Gasteiger partial charge < -0.3 is 19.8 Å². The molecule has 2 N–H and O–H groups in total. The summed E-state index contributed by atoms with van der Waals surface area (Å²) in [5, 5.41) is 18.3. The quantitative estimate of drug-likeness (QED) is 0.815. The summed E-state index contributed by atoms with van der Waals surface area (Å²) in [7, 11) is 0. The van der Waals surface area contributed by atoms with Crippen molar-refractivity contribution in [2.24, 2.45) is 0 Å². The van der Waals surface area contributed by atoms with E-state index in [1.165, 1.54) is 0 Å². The Morgan fingerprint density at radius 2 is 1.85 bits per heavy atom. The van der Waals surface area contributed by atoms with Gasteiger partial charge in [-0.05, 0) is 12.1 Å². The van der Waals surface area contributed by atoms with Crippen LogP contribution in [-0.2, 0) is 0 Å². The molecule has 0 aliphatic carbocycles. The summed E-state index contributed by atoms with van der Waals surface area (Å²) < 4.78 is 5.34. The summed E-state index contributed by atoms with van der Waals surface area (Å²) in [5.74, 6) is 0.673. The molecule has 0 bridgehead atoms. The largest absolute Gasteiger partial charge is 0.491 e. The number of halogens is 1. The van der Waals surface area contributed by atoms with E-state index < -0.39 is 0 Å². The lowest BCUT2D eigenvalue weighted by Crippen LogP contribution is -2.47. The van der Waals surface area contributed by atoms with Crippen molar-refractivity contribution in [1.82, 2.24) is 4.90 Å². The van der Waals surface area contributed by atoms with Crippen LogP contribution in [0, 0.1) is 0 Å². The van der Waals surface area contributed by atoms with E-state index in [-0.39, 0.29) is 19.8 Å². The second-order valence-corrected chi connectivity index (χ2v) is 5.14. The molecule has 5 nitrogen and oxygen atoms in total. The van der Waals surface area contributed by atoms with Crippen molar-refractivity contribution < 1.29 is 14.9 Å². The highest BCUT2D eigenvalue weighted by Gasteiger charge is 2.18. The molecule has 1 aliphatic heterocycles. The van der Waals surface area contributed by atoms with Crippen LogP contribution in [0.5, 0.6) is 5.75 Å². The van der Waals surface area contributed by atoms with Crippen molar-refractivity contribution in [3.63, 3.8) is 0 Å². The van der Waals surface area contributed by atoms with Gasteiger partial charge in [-0.3, -0.25) is 4.90 Å². The first-order chi connectivity index (χ1) is 9.74. The number of ether oxygens (including phenoxy) is 1. The van der Waals surface area contributed by atoms with Crippen LogP contribution >= 0.6 is 11.6 Å². The van der Waals surface area contributed by atoms with Gasteiger partial charge in [0.05, 0.1) is 23.9 Å². The van der Waals surface area contributed by atoms with Gasteiger partial charge >= 0.3 is 0 Å². The van der Waals surface area contributed by atoms with Crippen LogP contribution in [-0.4, -0.2) is 67.7 Å². The van der Waals surface area contributed by atoms with Crippen molar-refractivity contribution >= 4 is 17.3 Å². The van der Waals surface area contributed by atoms with Gasteiger partial charge in [0.2, 0.25) is 0 Å². The molecule has 0 spiro atoms. The molecule has 0 amide bonds. The lowest BCUT2D eigenvalue weighted by Gasteiger charge is -2.36. The topological polar surface area (TPSA) is 56.2 Å². The third-order valence-electron chi connectivity index (χ3n) is 3.41. The zero-order valence-corrected chi connectivity index (χ0v) is 12.2. The number of aliphatic hydroxyl groups is 2. The van der Waals surface area contributed by atoms with E-state index in [9.17, 15) is 0 Å². The average Bonchev–Trinajstić information content (AvgIpc) is 2.47. The van der Waals surface area contributed by atoms with Crippen molar-refractivity contribution in [1.29, 1.82) is 0 Å². The number of piperazine rings is 1. The van der Waals surface area contributed by atoms with E-state index in [2.05, 4.69) is 9.80 Å². The number of β-amino-alcohol motifs (C(OH)–C–C–N with tert-alkyl or cyclic N) is 1. The molecule has 1 aromatic carbocycles. The molecule has 0 saturated carbocycles. The number of hydrogen-bond acceptors (Lipinski definition) is 5. The maximum absolute atomic E-state index is 8.94. The minimum atomic E-state index is -0.00775. The fourth-order valence-electron chi connectivity index (χ4n) is 2.35. The number of nitrogens with zero attached hydrogens (tertiary/aromatic N) is 2. The minimum Gasteiger partial charge on any atom is -0.491 e. The number of hydrogen-bond donors (Lipinski definition) is 2. The van der Waals surface area contributed by atoms with Crippen LogP contribution in [0.1, 0.15) is 0 Å². The van der Waals surface area contributed by atoms with E-state index in [0.29, 0.717) is 10.8 Å². The van der Waals surface area contributed by atoms with Crippen LogP contribution in [0.3, 0.4) is 0 Å². The predicted octanol–water partition coefficient (Wildman–Crippen LogP) is 0.825. The molecule has 6 heteroatoms. The third kappa shape index (κ3) is 3.99. The normalized spacial score (nSPS) is 16.4. The van der Waals surface area contributed by atoms with Crippen LogP contribution in [0.15, 0.2) is 18.2 Å². The zero-order chi connectivity index (χ0) is 14.4. The Morgan fingerprint density at radius 1 is 1.10 bits per heavy atom. The van der Waals surface area contributed by atoms with E-state index in [1.807, 2.05) is 12.1 Å². The summed E-state index contributed by atoms with van der Waals surface area (Å²) in [4.78, 5) is 4.48. The predicted molar refractivity (Wildman–Crippen MR) is 79.8 cm³/mol. The minimum absolute atomic E-state index is 0.00775. The van der Waals surface area contributed by atoms with Gasteiger partial charge in [-0.25, -0.2) is 0 Å². The van der Waals surface area contributed by atoms with Gasteiger partial charge in [-0.15, -0.1) is 0 Å². The molecular formula is C14H21ClN2O3. The zero-order valence-electron chi connectivity index (χ0n) is 11.5. The lowest BCUT2D eigenvalue weighted by molar-refractivity contribution is 0.188. The summed E-state index contributed by atoms with van der Waals surface area (Å²) in [5.41, 5.74) is 1.01. The maximum atomic E-state index is 8.94. The fourth-order valence-corrected chi connectivity index (χ4v) is 2.64. The molecule has 0 unspecified atom stereocenters. The van der Waals surface area contributed by atoms with E-state index >= 15 is 0 Å². The van der Waals surface area contributed by atoms with Gasteiger partial charge in [-0.1, -0.05) is 11.6 Å². The molecule has 0 atom stereocenters. The maximum Gasteiger partial charge on any atom is 0.121 e. The highest BCUT2D eigenvalue weighted by atomic mass is 35.5. The third-order valence-corrected chi connectivity index (χ3v) is 3.71. The smallest absolute Gasteiger partial charge is 0.121 e. The molecular weight excluding hydrogens is 280 g/mol. The Hall–Kier alpha value is -1.01. The monoisotopic (exact) mass is 300 g/mol. The molecule has 0 radical (unpaired) electrons. The van der Waals surface area contributed by atoms with Crippen LogP contribution < -0.4 is 9.64 Å². The van der Waals surface area contributed by atoms with Crippen LogP contribution in [0.2, 0.25) is 5.02 Å². The van der Waals surface area contributed by atoms with Crippen LogP contribution in [0.25, 0.3) is 0 Å². The van der Waals surface area contributed by atoms with Gasteiger partial charge in [0.15, 0.2) is 0 Å². The highest BCUT2D eigenvalue weighted by Crippen LogP contribution is 2.30. The van der Waals surface area contributed by atoms with Gasteiger partial charge in [0, 0.05) is 38.8 Å². The standard InChI is InChI=1S/C14H21ClN2O3/c15-13-11-12(20-10-9-19)1-2-14(13)17-5-3-16(4-6-17)7-8-18/h1-2,11,18-19H,3-10H2. The molecule has 0 aromatic heterocycles. The highest BCUT2D eigenvalue weighted by molar-refractivity contribution is 6.33. The number of anilines is 1. The molecule has 112 valence electrons. The Kier molecular flexibility index (Phi) is 5.91. The number of aliphatic hydroxyl groups excluding tert-OH is 2. The summed E-state index contributed by atoms with van der Waals surface area (Å²) >= 11 is 6.30. The van der Waals surface area contributed by atoms with Gasteiger partial charge in [0.25, 0.3) is 0 Å². The first-order valence-electron chi connectivity index (χ1n) is 6.86. The van der Waals surface area contributed by atoms with Crippen molar-refractivity contribution in [2.75, 3.05) is 57.4 Å². The molecule has 1 aromatic rings. The van der Waals surface area contributed by atoms with Crippen molar-refractivity contribution in [3.8, 4) is 5.75 Å². The molecule has 1 heterocycles. The lowest BCUT2D eigenvalue weighted by atomic mass is 10.2. The molecule has 1 saturated heterocycles. The number of rotatable bonds is 6. The summed E-state index contributed by atoms with van der Waals surface area (Å²) in [6.45, 7) is 4.86. The second-order valence-electron chi connectivity index (χ2n) is 4.74. The second kappa shape index (κ2) is 7.69. The van der Waals surface area contributed by atoms with Crippen LogP contribution in [0.4, 0.5) is 5.69 Å². The molecule has 2 rings (SSSR count). The Bertz CT molecular complexity index is 423. The first-order valence-corrected chi connectivity index (χ1v) is 7.23. The first kappa shape index (κ1) is 15.4. The summed E-state index contributed by atoms with van der Waals surface area (Å²) in [6, 6.07) is 5.61. The van der Waals surface area contributed by atoms with Gasteiger partial charge in [-0.2, -0.15) is 0 Å². The molecule has 20 heavy (non-hydrogen) atoms.